The molecule has 0 spiro atoms. The van der Waals surface area contributed by atoms with E-state index >= 15 is 0 Å². The Morgan fingerprint density at radius 2 is 1.83 bits per heavy atom. The first-order valence-corrected chi connectivity index (χ1v) is 8.98. The summed E-state index contributed by atoms with van der Waals surface area (Å²) in [6.07, 6.45) is -3.77. The molecule has 1 aromatic carbocycles. The van der Waals surface area contributed by atoms with Gasteiger partial charge in [-0.25, -0.2) is 9.97 Å². The fourth-order valence-corrected chi connectivity index (χ4v) is 3.27. The molecule has 0 aliphatic carbocycles. The lowest BCUT2D eigenvalue weighted by molar-refractivity contribution is -0.250. The second-order valence-corrected chi connectivity index (χ2v) is 6.78. The number of rotatable bonds is 4. The first-order chi connectivity index (χ1) is 14.0. The quantitative estimate of drug-likeness (QED) is 0.307. The van der Waals surface area contributed by atoms with E-state index < -0.39 is 37.3 Å². The first kappa shape index (κ1) is 19.5. The number of aliphatic hydroxyl groups excluding tert-OH is 4. The van der Waals surface area contributed by atoms with E-state index in [1.165, 1.54) is 17.2 Å². The van der Waals surface area contributed by atoms with Crippen LogP contribution in [0.3, 0.4) is 0 Å². The average Bonchev–Trinajstić information content (AvgIpc) is 3.22. The Kier molecular flexibility index (Phi) is 5.30. The number of ether oxygens (including phenoxy) is 1. The maximum absolute atomic E-state index is 10.4. The van der Waals surface area contributed by atoms with Gasteiger partial charge in [0.05, 0.1) is 19.5 Å². The van der Waals surface area contributed by atoms with Crippen molar-refractivity contribution in [3.05, 3.63) is 48.0 Å². The van der Waals surface area contributed by atoms with Crippen molar-refractivity contribution in [3.8, 4) is 5.75 Å². The molecule has 29 heavy (non-hydrogen) atoms. The highest BCUT2D eigenvalue weighted by molar-refractivity contribution is 5.68. The van der Waals surface area contributed by atoms with Crippen LogP contribution in [0, 0.1) is 0 Å². The minimum atomic E-state index is -1.51. The summed E-state index contributed by atoms with van der Waals surface area (Å²) in [5.74, 6) is 0.170. The third-order valence-corrected chi connectivity index (χ3v) is 4.88. The van der Waals surface area contributed by atoms with Gasteiger partial charge in [0.1, 0.15) is 42.0 Å². The third kappa shape index (κ3) is 3.61. The fourth-order valence-electron chi connectivity index (χ4n) is 3.27. The van der Waals surface area contributed by atoms with E-state index in [4.69, 9.17) is 4.74 Å². The second-order valence-electron chi connectivity index (χ2n) is 6.78. The normalized spacial score (nSPS) is 28.1. The van der Waals surface area contributed by atoms with Crippen LogP contribution in [0.4, 0.5) is 0 Å². The Balaban J connectivity index is 1.69. The molecule has 3 heterocycles. The van der Waals surface area contributed by atoms with Gasteiger partial charge in [-0.15, -0.1) is 0 Å². The number of hydrogen-bond acceptors (Lipinski definition) is 9. The van der Waals surface area contributed by atoms with Crippen LogP contribution < -0.4 is 5.49 Å². The van der Waals surface area contributed by atoms with Crippen LogP contribution in [0.15, 0.2) is 41.9 Å². The number of nitrogens with one attached hydrogen (secondary N) is 1. The SMILES string of the molecule is OC[C@H]1O[C@@H](n2cnc(=NCc3ccc(O)cc3)c3[nH]cnc32)[C@H](O)[C@@H](O)[C@@H]1O. The molecule has 1 saturated heterocycles. The number of H-pyrrole nitrogens is 1. The third-order valence-electron chi connectivity index (χ3n) is 4.88. The average molecular weight is 403 g/mol. The summed E-state index contributed by atoms with van der Waals surface area (Å²) >= 11 is 0. The van der Waals surface area contributed by atoms with Gasteiger partial charge in [0.25, 0.3) is 0 Å². The molecular formula is C18H21N5O6. The van der Waals surface area contributed by atoms with E-state index in [1.807, 2.05) is 0 Å². The van der Waals surface area contributed by atoms with Crippen molar-refractivity contribution in [2.75, 3.05) is 6.61 Å². The number of phenols is 1. The van der Waals surface area contributed by atoms with Gasteiger partial charge in [-0.3, -0.25) is 9.56 Å². The summed E-state index contributed by atoms with van der Waals surface area (Å²) in [7, 11) is 0. The van der Waals surface area contributed by atoms with Crippen molar-refractivity contribution < 1.29 is 30.3 Å². The van der Waals surface area contributed by atoms with E-state index in [0.29, 0.717) is 23.2 Å². The summed E-state index contributed by atoms with van der Waals surface area (Å²) < 4.78 is 6.99. The number of imidazole rings is 1. The Hall–Kier alpha value is -2.83. The van der Waals surface area contributed by atoms with Crippen molar-refractivity contribution in [1.82, 2.24) is 19.5 Å². The number of aromatic hydroxyl groups is 1. The lowest BCUT2D eigenvalue weighted by Gasteiger charge is -2.40. The zero-order valence-corrected chi connectivity index (χ0v) is 15.2. The minimum absolute atomic E-state index is 0.170. The number of hydrogen-bond donors (Lipinski definition) is 6. The molecule has 2 aromatic heterocycles. The van der Waals surface area contributed by atoms with Gasteiger partial charge < -0.3 is 35.3 Å². The number of aliphatic hydroxyl groups is 4. The molecule has 0 unspecified atom stereocenters. The van der Waals surface area contributed by atoms with E-state index in [9.17, 15) is 25.5 Å². The number of aromatic nitrogens is 4. The van der Waals surface area contributed by atoms with Crippen LogP contribution in [-0.2, 0) is 11.3 Å². The summed E-state index contributed by atoms with van der Waals surface area (Å²) in [4.78, 5) is 15.9. The maximum Gasteiger partial charge on any atom is 0.177 e. The molecule has 154 valence electrons. The number of aromatic amines is 1. The molecule has 11 heteroatoms. The monoisotopic (exact) mass is 403 g/mol. The lowest BCUT2D eigenvalue weighted by Crippen LogP contribution is -2.56. The van der Waals surface area contributed by atoms with Crippen molar-refractivity contribution in [2.45, 2.75) is 37.2 Å². The van der Waals surface area contributed by atoms with Gasteiger partial charge in [0.2, 0.25) is 0 Å². The molecule has 0 radical (unpaired) electrons. The van der Waals surface area contributed by atoms with Crippen molar-refractivity contribution in [2.24, 2.45) is 4.99 Å². The largest absolute Gasteiger partial charge is 0.508 e. The Labute approximate surface area is 164 Å². The molecule has 1 aliphatic rings. The summed E-state index contributed by atoms with van der Waals surface area (Å²) in [6.45, 7) is -0.204. The van der Waals surface area contributed by atoms with Crippen molar-refractivity contribution in [1.29, 1.82) is 0 Å². The smallest absolute Gasteiger partial charge is 0.177 e. The van der Waals surface area contributed by atoms with Gasteiger partial charge in [-0.2, -0.15) is 0 Å². The van der Waals surface area contributed by atoms with Gasteiger partial charge in [0.15, 0.2) is 17.4 Å². The zero-order valence-electron chi connectivity index (χ0n) is 15.2. The molecular weight excluding hydrogens is 382 g/mol. The highest BCUT2D eigenvalue weighted by Gasteiger charge is 2.44. The molecule has 0 amide bonds. The van der Waals surface area contributed by atoms with Gasteiger partial charge in [0, 0.05) is 0 Å². The highest BCUT2D eigenvalue weighted by atomic mass is 16.6. The molecule has 1 fully saturated rings. The lowest BCUT2D eigenvalue weighted by atomic mass is 9.98. The second kappa shape index (κ2) is 7.89. The molecule has 11 nitrogen and oxygen atoms in total. The van der Waals surface area contributed by atoms with E-state index in [-0.39, 0.29) is 5.75 Å². The zero-order chi connectivity index (χ0) is 20.5. The molecule has 0 bridgehead atoms. The number of benzene rings is 1. The summed E-state index contributed by atoms with van der Waals surface area (Å²) in [6, 6.07) is 6.64. The van der Waals surface area contributed by atoms with Crippen LogP contribution in [0.5, 0.6) is 5.75 Å². The topological polar surface area (TPSA) is 169 Å². The molecule has 3 aromatic rings. The first-order valence-electron chi connectivity index (χ1n) is 8.98. The molecule has 5 atom stereocenters. The van der Waals surface area contributed by atoms with Crippen LogP contribution in [0.25, 0.3) is 11.2 Å². The molecule has 4 rings (SSSR count). The molecule has 1 aliphatic heterocycles. The summed E-state index contributed by atoms with van der Waals surface area (Å²) in [5.41, 5.74) is 2.12. The van der Waals surface area contributed by atoms with Crippen molar-refractivity contribution >= 4 is 11.2 Å². The predicted molar refractivity (Wildman–Crippen MR) is 98.3 cm³/mol. The van der Waals surface area contributed by atoms with E-state index in [0.717, 1.165) is 5.56 Å². The van der Waals surface area contributed by atoms with E-state index in [1.54, 1.807) is 24.3 Å². The highest BCUT2D eigenvalue weighted by Crippen LogP contribution is 2.29. The van der Waals surface area contributed by atoms with Crippen LogP contribution in [0.2, 0.25) is 0 Å². The number of phenolic OH excluding ortho intramolecular Hbond substituents is 1. The van der Waals surface area contributed by atoms with Crippen molar-refractivity contribution in [3.63, 3.8) is 0 Å². The number of fused-ring (bicyclic) bond motifs is 1. The molecule has 0 saturated carbocycles. The van der Waals surface area contributed by atoms with Crippen LogP contribution in [-0.4, -0.2) is 76.1 Å². The standard InChI is InChI=1S/C18H21N5O6/c24-6-11-13(26)14(27)15(28)18(29-11)23-8-22-16(12-17(23)21-7-20-12)19-5-9-1-3-10(25)4-2-9/h1-4,7-8,11,13-15,18,24-28H,5-6H2,(H,20,21)/t11-,13-,14+,15-,18-/m1/s1. The van der Waals surface area contributed by atoms with E-state index in [2.05, 4.69) is 19.9 Å². The predicted octanol–water partition coefficient (Wildman–Crippen LogP) is -1.46. The van der Waals surface area contributed by atoms with Gasteiger partial charge in [-0.05, 0) is 17.7 Å². The fraction of sp³-hybridized carbons (Fsp3) is 0.389. The Bertz CT molecular complexity index is 1050. The minimum Gasteiger partial charge on any atom is -0.508 e. The van der Waals surface area contributed by atoms with Gasteiger partial charge >= 0.3 is 0 Å². The van der Waals surface area contributed by atoms with Crippen LogP contribution in [0.1, 0.15) is 11.8 Å². The van der Waals surface area contributed by atoms with Gasteiger partial charge in [-0.1, -0.05) is 12.1 Å². The Morgan fingerprint density at radius 1 is 1.07 bits per heavy atom. The summed E-state index contributed by atoms with van der Waals surface area (Å²) in [5, 5.41) is 49.1. The number of nitrogens with zero attached hydrogens (tertiary/aromatic N) is 4. The molecule has 6 N–H and O–H groups in total. The Morgan fingerprint density at radius 3 is 2.55 bits per heavy atom. The maximum atomic E-state index is 10.4. The van der Waals surface area contributed by atoms with Crippen LogP contribution >= 0.6 is 0 Å².